The van der Waals surface area contributed by atoms with Crippen molar-refractivity contribution in [3.63, 3.8) is 0 Å². The highest BCUT2D eigenvalue weighted by molar-refractivity contribution is 4.69. The second-order valence-corrected chi connectivity index (χ2v) is 5.27. The summed E-state index contributed by atoms with van der Waals surface area (Å²) < 4.78 is 5.23. The van der Waals surface area contributed by atoms with E-state index in [1.165, 1.54) is 51.6 Å². The molecule has 0 aliphatic rings. The summed E-state index contributed by atoms with van der Waals surface area (Å²) in [6.07, 6.45) is 7.85. The van der Waals surface area contributed by atoms with Crippen LogP contribution in [0.2, 0.25) is 0 Å². The number of rotatable bonds is 14. The molecule has 0 bridgehead atoms. The van der Waals surface area contributed by atoms with Gasteiger partial charge < -0.3 is 10.1 Å². The van der Waals surface area contributed by atoms with Gasteiger partial charge in [-0.2, -0.15) is 0 Å². The summed E-state index contributed by atoms with van der Waals surface area (Å²) in [5, 5.41) is 3.39. The molecule has 0 aliphatic carbocycles. The average Bonchev–Trinajstić information content (AvgIpc) is 2.44. The molecule has 0 aromatic heterocycles. The molecule has 0 amide bonds. The Hall–Kier alpha value is -0.120. The fourth-order valence-electron chi connectivity index (χ4n) is 2.59. The van der Waals surface area contributed by atoms with Crippen LogP contribution < -0.4 is 5.32 Å². The van der Waals surface area contributed by atoms with E-state index in [0.717, 1.165) is 25.7 Å². The van der Waals surface area contributed by atoms with Crippen LogP contribution in [-0.4, -0.2) is 50.8 Å². The van der Waals surface area contributed by atoms with Crippen LogP contribution in [-0.2, 0) is 4.74 Å². The smallest absolute Gasteiger partial charge is 0.0589 e. The zero-order valence-corrected chi connectivity index (χ0v) is 13.7. The van der Waals surface area contributed by atoms with E-state index in [9.17, 15) is 0 Å². The molecule has 0 rings (SSSR count). The second kappa shape index (κ2) is 14.3. The van der Waals surface area contributed by atoms with E-state index in [4.69, 9.17) is 4.74 Å². The third kappa shape index (κ3) is 10.3. The number of ether oxygens (including phenoxy) is 1. The van der Waals surface area contributed by atoms with Crippen molar-refractivity contribution >= 4 is 0 Å². The molecule has 0 unspecified atom stereocenters. The molecule has 0 saturated heterocycles. The fourth-order valence-corrected chi connectivity index (χ4v) is 2.59. The van der Waals surface area contributed by atoms with E-state index in [2.05, 4.69) is 31.0 Å². The van der Waals surface area contributed by atoms with Crippen molar-refractivity contribution in [2.45, 2.75) is 65.3 Å². The van der Waals surface area contributed by atoms with Gasteiger partial charge >= 0.3 is 0 Å². The van der Waals surface area contributed by atoms with Crippen molar-refractivity contribution in [3.05, 3.63) is 0 Å². The number of unbranched alkanes of at least 4 members (excludes halogenated alkanes) is 3. The summed E-state index contributed by atoms with van der Waals surface area (Å²) in [5.74, 6) is 0. The summed E-state index contributed by atoms with van der Waals surface area (Å²) >= 11 is 0. The van der Waals surface area contributed by atoms with Crippen molar-refractivity contribution in [3.8, 4) is 0 Å². The van der Waals surface area contributed by atoms with Crippen LogP contribution in [0.5, 0.6) is 0 Å². The van der Waals surface area contributed by atoms with Gasteiger partial charge in [-0.15, -0.1) is 0 Å². The molecule has 0 aliphatic heterocycles. The molecule has 0 fully saturated rings. The van der Waals surface area contributed by atoms with Crippen LogP contribution in [0.15, 0.2) is 0 Å². The van der Waals surface area contributed by atoms with Crippen LogP contribution in [0.25, 0.3) is 0 Å². The molecule has 1 N–H and O–H groups in total. The number of hydrogen-bond acceptors (Lipinski definition) is 3. The van der Waals surface area contributed by atoms with Crippen LogP contribution in [0, 0.1) is 0 Å². The Morgan fingerprint density at radius 2 is 1.63 bits per heavy atom. The molecule has 0 aromatic carbocycles. The maximum Gasteiger partial charge on any atom is 0.0589 e. The molecule has 19 heavy (non-hydrogen) atoms. The van der Waals surface area contributed by atoms with Gasteiger partial charge in [0.1, 0.15) is 0 Å². The van der Waals surface area contributed by atoms with E-state index in [1.54, 1.807) is 7.11 Å². The van der Waals surface area contributed by atoms with Gasteiger partial charge in [-0.3, -0.25) is 4.90 Å². The summed E-state index contributed by atoms with van der Waals surface area (Å²) in [7, 11) is 1.80. The van der Waals surface area contributed by atoms with Crippen molar-refractivity contribution in [2.75, 3.05) is 39.9 Å². The van der Waals surface area contributed by atoms with E-state index in [1.807, 2.05) is 0 Å². The van der Waals surface area contributed by atoms with Gasteiger partial charge in [0, 0.05) is 19.7 Å². The minimum Gasteiger partial charge on any atom is -0.383 e. The lowest BCUT2D eigenvalue weighted by molar-refractivity contribution is 0.113. The second-order valence-electron chi connectivity index (χ2n) is 5.27. The quantitative estimate of drug-likeness (QED) is 0.491. The maximum absolute atomic E-state index is 5.23. The number of nitrogens with zero attached hydrogens (tertiary/aromatic N) is 1. The molecule has 0 aromatic rings. The number of methoxy groups -OCH3 is 1. The minimum atomic E-state index is 0.733. The average molecular weight is 272 g/mol. The number of nitrogens with one attached hydrogen (secondary N) is 1. The molecule has 0 radical (unpaired) electrons. The third-order valence-electron chi connectivity index (χ3n) is 3.84. The number of hydrogen-bond donors (Lipinski definition) is 1. The topological polar surface area (TPSA) is 24.5 Å². The summed E-state index contributed by atoms with van der Waals surface area (Å²) in [6.45, 7) is 12.2. The zero-order valence-electron chi connectivity index (χ0n) is 13.7. The Bertz CT molecular complexity index is 172. The minimum absolute atomic E-state index is 0.733. The highest BCUT2D eigenvalue weighted by Gasteiger charge is 2.13. The summed E-state index contributed by atoms with van der Waals surface area (Å²) in [5.41, 5.74) is 0. The summed E-state index contributed by atoms with van der Waals surface area (Å²) in [4.78, 5) is 2.62. The Morgan fingerprint density at radius 3 is 2.21 bits per heavy atom. The molecule has 0 saturated carbocycles. The predicted molar refractivity (Wildman–Crippen MR) is 84.8 cm³/mol. The molecule has 3 nitrogen and oxygen atoms in total. The third-order valence-corrected chi connectivity index (χ3v) is 3.84. The van der Waals surface area contributed by atoms with Crippen LogP contribution in [0.4, 0.5) is 0 Å². The SMILES string of the molecule is CCNCCCCCCN(CCOC)C(CC)CC. The van der Waals surface area contributed by atoms with Gasteiger partial charge in [0.25, 0.3) is 0 Å². The first-order valence-corrected chi connectivity index (χ1v) is 8.23. The molecular weight excluding hydrogens is 236 g/mol. The van der Waals surface area contributed by atoms with Crippen molar-refractivity contribution in [1.29, 1.82) is 0 Å². The van der Waals surface area contributed by atoms with Crippen molar-refractivity contribution in [2.24, 2.45) is 0 Å². The Morgan fingerprint density at radius 1 is 0.947 bits per heavy atom. The largest absolute Gasteiger partial charge is 0.383 e. The highest BCUT2D eigenvalue weighted by atomic mass is 16.5. The Labute approximate surface area is 121 Å². The van der Waals surface area contributed by atoms with Crippen LogP contribution >= 0.6 is 0 Å². The van der Waals surface area contributed by atoms with Gasteiger partial charge in [-0.1, -0.05) is 33.6 Å². The molecule has 116 valence electrons. The first kappa shape index (κ1) is 18.9. The Kier molecular flexibility index (Phi) is 14.2. The maximum atomic E-state index is 5.23. The Balaban J connectivity index is 3.72. The van der Waals surface area contributed by atoms with E-state index < -0.39 is 0 Å². The molecule has 3 heteroatoms. The standard InChI is InChI=1S/C16H36N2O/c1-5-16(6-2)18(14-15-19-4)13-11-9-8-10-12-17-7-3/h16-17H,5-15H2,1-4H3. The zero-order chi connectivity index (χ0) is 14.3. The predicted octanol–water partition coefficient (Wildman–Crippen LogP) is 3.29. The van der Waals surface area contributed by atoms with Crippen LogP contribution in [0.3, 0.4) is 0 Å². The lowest BCUT2D eigenvalue weighted by atomic mass is 10.1. The monoisotopic (exact) mass is 272 g/mol. The van der Waals surface area contributed by atoms with Gasteiger partial charge in [0.15, 0.2) is 0 Å². The van der Waals surface area contributed by atoms with Crippen molar-refractivity contribution in [1.82, 2.24) is 10.2 Å². The van der Waals surface area contributed by atoms with Crippen molar-refractivity contribution < 1.29 is 4.74 Å². The van der Waals surface area contributed by atoms with E-state index in [0.29, 0.717) is 0 Å². The first-order chi connectivity index (χ1) is 9.29. The normalized spacial score (nSPS) is 11.7. The molecule has 0 atom stereocenters. The van der Waals surface area contributed by atoms with E-state index in [-0.39, 0.29) is 0 Å². The molecular formula is C16H36N2O. The van der Waals surface area contributed by atoms with Gasteiger partial charge in [-0.05, 0) is 45.3 Å². The molecule has 0 heterocycles. The van der Waals surface area contributed by atoms with Gasteiger partial charge in [-0.25, -0.2) is 0 Å². The highest BCUT2D eigenvalue weighted by Crippen LogP contribution is 2.10. The van der Waals surface area contributed by atoms with Gasteiger partial charge in [0.2, 0.25) is 0 Å². The van der Waals surface area contributed by atoms with Crippen LogP contribution in [0.1, 0.15) is 59.3 Å². The lowest BCUT2D eigenvalue weighted by Crippen LogP contribution is -2.37. The summed E-state index contributed by atoms with van der Waals surface area (Å²) in [6, 6.07) is 0.733. The lowest BCUT2D eigenvalue weighted by Gasteiger charge is -2.30. The molecule has 0 spiro atoms. The van der Waals surface area contributed by atoms with E-state index >= 15 is 0 Å². The fraction of sp³-hybridized carbons (Fsp3) is 1.00. The van der Waals surface area contributed by atoms with Gasteiger partial charge in [0.05, 0.1) is 6.61 Å². The first-order valence-electron chi connectivity index (χ1n) is 8.23.